The Hall–Kier alpha value is -1.83. The molecule has 0 spiro atoms. The molecule has 0 aliphatic heterocycles. The first-order chi connectivity index (χ1) is 8.74. The van der Waals surface area contributed by atoms with Crippen molar-refractivity contribution in [3.63, 3.8) is 0 Å². The summed E-state index contributed by atoms with van der Waals surface area (Å²) in [6.07, 6.45) is -3.34. The van der Waals surface area contributed by atoms with Crippen LogP contribution in [0.3, 0.4) is 0 Å². The lowest BCUT2D eigenvalue weighted by Gasteiger charge is -2.14. The highest BCUT2D eigenvalue weighted by Crippen LogP contribution is 2.21. The molecule has 0 aliphatic rings. The number of hydroxylamine groups is 2. The number of aromatic nitrogens is 1. The number of pyridine rings is 1. The molecular formula is C11H13F3N2O3. The Kier molecular flexibility index (Phi) is 4.71. The molecule has 0 N–H and O–H groups in total. The molecular weight excluding hydrogens is 265 g/mol. The first kappa shape index (κ1) is 15.2. The molecule has 1 aromatic heterocycles. The molecule has 5 nitrogen and oxygen atoms in total. The van der Waals surface area contributed by atoms with Crippen molar-refractivity contribution < 1.29 is 27.5 Å². The van der Waals surface area contributed by atoms with E-state index in [1.165, 1.54) is 27.1 Å². The van der Waals surface area contributed by atoms with Gasteiger partial charge in [0.2, 0.25) is 0 Å². The van der Waals surface area contributed by atoms with Gasteiger partial charge < -0.3 is 4.74 Å². The highest BCUT2D eigenvalue weighted by molar-refractivity contribution is 5.91. The summed E-state index contributed by atoms with van der Waals surface area (Å²) in [7, 11) is 2.71. The second-order valence-corrected chi connectivity index (χ2v) is 3.72. The van der Waals surface area contributed by atoms with Crippen molar-refractivity contribution in [2.24, 2.45) is 0 Å². The van der Waals surface area contributed by atoms with Gasteiger partial charge in [0.05, 0.1) is 13.3 Å². The standard InChI is InChI=1S/C11H13F3N2O3/c1-7-4-8(10(17)16(2)18-3)15-5-9(7)19-6-11(12,13)14/h4-5H,6H2,1-3H3. The van der Waals surface area contributed by atoms with E-state index < -0.39 is 18.7 Å². The van der Waals surface area contributed by atoms with E-state index in [2.05, 4.69) is 9.72 Å². The molecule has 0 bridgehead atoms. The first-order valence-corrected chi connectivity index (χ1v) is 5.23. The number of amides is 1. The van der Waals surface area contributed by atoms with E-state index in [0.717, 1.165) is 11.3 Å². The van der Waals surface area contributed by atoms with Crippen LogP contribution in [0.1, 0.15) is 16.1 Å². The zero-order chi connectivity index (χ0) is 14.6. The number of hydrogen-bond acceptors (Lipinski definition) is 4. The average molecular weight is 278 g/mol. The third-order valence-electron chi connectivity index (χ3n) is 2.23. The number of aryl methyl sites for hydroxylation is 1. The Bertz CT molecular complexity index is 463. The van der Waals surface area contributed by atoms with Gasteiger partial charge in [-0.3, -0.25) is 9.63 Å². The largest absolute Gasteiger partial charge is 0.482 e. The molecule has 1 rings (SSSR count). The molecule has 0 saturated heterocycles. The normalized spacial score (nSPS) is 11.3. The summed E-state index contributed by atoms with van der Waals surface area (Å²) in [5, 5.41) is 0.956. The fourth-order valence-electron chi connectivity index (χ4n) is 1.22. The molecule has 1 aromatic rings. The van der Waals surface area contributed by atoms with Crippen LogP contribution in [-0.2, 0) is 4.84 Å². The SMILES string of the molecule is CON(C)C(=O)c1cc(C)c(OCC(F)(F)F)cn1. The summed E-state index contributed by atoms with van der Waals surface area (Å²) in [4.78, 5) is 20.1. The minimum absolute atomic E-state index is 0.0195. The Morgan fingerprint density at radius 1 is 1.47 bits per heavy atom. The molecule has 0 saturated carbocycles. The van der Waals surface area contributed by atoms with E-state index in [9.17, 15) is 18.0 Å². The summed E-state index contributed by atoms with van der Waals surface area (Å²) >= 11 is 0. The van der Waals surface area contributed by atoms with Gasteiger partial charge in [-0.2, -0.15) is 13.2 Å². The van der Waals surface area contributed by atoms with Crippen LogP contribution < -0.4 is 4.74 Å². The minimum atomic E-state index is -4.42. The van der Waals surface area contributed by atoms with Gasteiger partial charge in [-0.15, -0.1) is 0 Å². The number of halogens is 3. The minimum Gasteiger partial charge on any atom is -0.482 e. The van der Waals surface area contributed by atoms with Crippen molar-refractivity contribution in [1.82, 2.24) is 10.0 Å². The van der Waals surface area contributed by atoms with Crippen LogP contribution in [0, 0.1) is 6.92 Å². The van der Waals surface area contributed by atoms with Crippen LogP contribution in [0.25, 0.3) is 0 Å². The number of carbonyl (C=O) groups is 1. The number of carbonyl (C=O) groups excluding carboxylic acids is 1. The van der Waals surface area contributed by atoms with Crippen molar-refractivity contribution in [3.8, 4) is 5.75 Å². The predicted octanol–water partition coefficient (Wildman–Crippen LogP) is 1.96. The van der Waals surface area contributed by atoms with Gasteiger partial charge in [0.15, 0.2) is 6.61 Å². The first-order valence-electron chi connectivity index (χ1n) is 5.23. The van der Waals surface area contributed by atoms with Gasteiger partial charge in [0.25, 0.3) is 5.91 Å². The quantitative estimate of drug-likeness (QED) is 0.790. The fourth-order valence-corrected chi connectivity index (χ4v) is 1.22. The van der Waals surface area contributed by atoms with E-state index in [1.807, 2.05) is 0 Å². The molecule has 0 unspecified atom stereocenters. The molecule has 0 aliphatic carbocycles. The van der Waals surface area contributed by atoms with Crippen molar-refractivity contribution in [2.75, 3.05) is 20.8 Å². The number of rotatable bonds is 4. The maximum absolute atomic E-state index is 12.0. The number of hydrogen-bond donors (Lipinski definition) is 0. The molecule has 8 heteroatoms. The smallest absolute Gasteiger partial charge is 0.422 e. The van der Waals surface area contributed by atoms with Gasteiger partial charge in [-0.25, -0.2) is 10.0 Å². The van der Waals surface area contributed by atoms with Crippen LogP contribution in [0.15, 0.2) is 12.3 Å². The summed E-state index contributed by atoms with van der Waals surface area (Å²) in [5.41, 5.74) is 0.438. The van der Waals surface area contributed by atoms with Crippen molar-refractivity contribution in [1.29, 1.82) is 0 Å². The zero-order valence-corrected chi connectivity index (χ0v) is 10.6. The maximum Gasteiger partial charge on any atom is 0.422 e. The highest BCUT2D eigenvalue weighted by atomic mass is 19.4. The van der Waals surface area contributed by atoms with Gasteiger partial charge in [0.1, 0.15) is 11.4 Å². The van der Waals surface area contributed by atoms with Crippen LogP contribution in [0.2, 0.25) is 0 Å². The van der Waals surface area contributed by atoms with Crippen molar-refractivity contribution in [3.05, 3.63) is 23.5 Å². The van der Waals surface area contributed by atoms with Gasteiger partial charge >= 0.3 is 6.18 Å². The molecule has 0 fully saturated rings. The summed E-state index contributed by atoms with van der Waals surface area (Å²) in [6, 6.07) is 1.34. The average Bonchev–Trinajstić information content (AvgIpc) is 2.34. The summed E-state index contributed by atoms with van der Waals surface area (Å²) in [5.74, 6) is -0.526. The molecule has 0 aromatic carbocycles. The third kappa shape index (κ3) is 4.40. The lowest BCUT2D eigenvalue weighted by Crippen LogP contribution is -2.26. The molecule has 19 heavy (non-hydrogen) atoms. The summed E-state index contributed by atoms with van der Waals surface area (Å²) < 4.78 is 40.6. The number of alkyl halides is 3. The monoisotopic (exact) mass is 278 g/mol. The second kappa shape index (κ2) is 5.87. The van der Waals surface area contributed by atoms with E-state index in [1.54, 1.807) is 0 Å². The molecule has 1 amide bonds. The Morgan fingerprint density at radius 2 is 2.11 bits per heavy atom. The van der Waals surface area contributed by atoms with E-state index >= 15 is 0 Å². The van der Waals surface area contributed by atoms with E-state index in [4.69, 9.17) is 4.84 Å². The Balaban J connectivity index is 2.83. The second-order valence-electron chi connectivity index (χ2n) is 3.72. The highest BCUT2D eigenvalue weighted by Gasteiger charge is 2.28. The lowest BCUT2D eigenvalue weighted by atomic mass is 10.2. The van der Waals surface area contributed by atoms with Crippen LogP contribution >= 0.6 is 0 Å². The van der Waals surface area contributed by atoms with E-state index in [-0.39, 0.29) is 11.4 Å². The molecule has 0 atom stereocenters. The maximum atomic E-state index is 12.0. The van der Waals surface area contributed by atoms with Crippen LogP contribution in [0.5, 0.6) is 5.75 Å². The fraction of sp³-hybridized carbons (Fsp3) is 0.455. The lowest BCUT2D eigenvalue weighted by molar-refractivity contribution is -0.153. The zero-order valence-electron chi connectivity index (χ0n) is 10.6. The molecule has 106 valence electrons. The number of ether oxygens (including phenoxy) is 1. The predicted molar refractivity (Wildman–Crippen MR) is 59.6 cm³/mol. The van der Waals surface area contributed by atoms with Crippen LogP contribution in [-0.4, -0.2) is 42.9 Å². The Labute approximate surface area is 107 Å². The topological polar surface area (TPSA) is 51.7 Å². The molecule has 1 heterocycles. The van der Waals surface area contributed by atoms with Crippen LogP contribution in [0.4, 0.5) is 13.2 Å². The Morgan fingerprint density at radius 3 is 2.58 bits per heavy atom. The van der Waals surface area contributed by atoms with Crippen molar-refractivity contribution >= 4 is 5.91 Å². The van der Waals surface area contributed by atoms with E-state index in [0.29, 0.717) is 5.56 Å². The van der Waals surface area contributed by atoms with Gasteiger partial charge in [0, 0.05) is 7.05 Å². The van der Waals surface area contributed by atoms with Gasteiger partial charge in [-0.05, 0) is 18.6 Å². The number of nitrogens with zero attached hydrogens (tertiary/aromatic N) is 2. The molecule has 0 radical (unpaired) electrons. The third-order valence-corrected chi connectivity index (χ3v) is 2.23. The van der Waals surface area contributed by atoms with Gasteiger partial charge in [-0.1, -0.05) is 0 Å². The van der Waals surface area contributed by atoms with Crippen molar-refractivity contribution in [2.45, 2.75) is 13.1 Å². The summed E-state index contributed by atoms with van der Waals surface area (Å²) in [6.45, 7) is 0.123.